The first-order valence-corrected chi connectivity index (χ1v) is 21.8. The molecule has 2 aromatic heterocycles. The number of fused-ring (bicyclic) bond motifs is 4. The number of nitrogens with two attached hydrogens (primary N) is 2. The summed E-state index contributed by atoms with van der Waals surface area (Å²) in [6.45, 7) is 8.35. The van der Waals surface area contributed by atoms with Crippen LogP contribution in [-0.4, -0.2) is 54.2 Å². The zero-order valence-electron chi connectivity index (χ0n) is 35.5. The number of anilines is 4. The van der Waals surface area contributed by atoms with Crippen molar-refractivity contribution in [1.29, 1.82) is 0 Å². The smallest absolute Gasteiger partial charge is 0.399 e. The molecule has 63 heavy (non-hydrogen) atoms. The number of nitrogens with zero attached hydrogens (tertiary/aromatic N) is 4. The minimum absolute atomic E-state index is 0. The van der Waals surface area contributed by atoms with Crippen LogP contribution in [0.4, 0.5) is 22.7 Å². The van der Waals surface area contributed by atoms with E-state index in [0.29, 0.717) is 4.60 Å². The van der Waals surface area contributed by atoms with Gasteiger partial charge in [0.15, 0.2) is 0 Å². The van der Waals surface area contributed by atoms with Gasteiger partial charge in [-0.15, -0.1) is 0 Å². The molecule has 6 aromatic rings. The third kappa shape index (κ3) is 10.4. The molecule has 3 aliphatic rings. The highest BCUT2D eigenvalue weighted by molar-refractivity contribution is 9.10. The fraction of sp³-hybridized carbons (Fsp3) is 0.265. The van der Waals surface area contributed by atoms with E-state index in [9.17, 15) is 9.59 Å². The van der Waals surface area contributed by atoms with Crippen LogP contribution in [0.3, 0.4) is 0 Å². The van der Waals surface area contributed by atoms with E-state index in [1.165, 1.54) is 45.0 Å². The number of aromatic nitrogens is 2. The Hall–Kier alpha value is -5.24. The Bertz CT molecular complexity index is 2660. The lowest BCUT2D eigenvalue weighted by Gasteiger charge is -2.32. The second-order valence-electron chi connectivity index (χ2n) is 16.5. The van der Waals surface area contributed by atoms with Gasteiger partial charge in [-0.2, -0.15) is 0 Å². The molecule has 0 bridgehead atoms. The molecule has 0 spiro atoms. The standard InChI is InChI=1S/C21H25BClNO2.C21H18ClN3O.C6H5BrN2O.CH4/c1-20(2)21(3,4)26-22(25-20)16-8-10-18-14(12-16)6-7-15-13-17(23)9-11-19(15)24(18)5;1-25-19-9-7-13(17-3-2-4-18(24-17)21(23)26)11-14(19)5-6-15-12-16(22)8-10-20(15)25;7-5-3-1-2-4(9-5)6(8)10;/h8-13H,6-7H2,1-5H3;2-4,7-12H,5-6H2,1H3,(H2,23,26);1-3H,(H2,8,10);1H4. The average Bonchev–Trinajstić information content (AvgIpc) is 3.31. The topological polar surface area (TPSA) is 137 Å². The van der Waals surface area contributed by atoms with Crippen LogP contribution in [0.1, 0.15) is 78.4 Å². The van der Waals surface area contributed by atoms with Gasteiger partial charge in [0.05, 0.1) is 16.9 Å². The van der Waals surface area contributed by atoms with E-state index in [0.717, 1.165) is 52.4 Å². The summed E-state index contributed by atoms with van der Waals surface area (Å²) < 4.78 is 13.1. The molecule has 14 heteroatoms. The number of halogens is 3. The molecule has 5 heterocycles. The van der Waals surface area contributed by atoms with Gasteiger partial charge in [0, 0.05) is 52.5 Å². The third-order valence-electron chi connectivity index (χ3n) is 11.8. The highest BCUT2D eigenvalue weighted by Gasteiger charge is 2.51. The lowest BCUT2D eigenvalue weighted by atomic mass is 9.78. The molecule has 9 rings (SSSR count). The van der Waals surface area contributed by atoms with E-state index in [-0.39, 0.29) is 37.1 Å². The number of amides is 2. The summed E-state index contributed by atoms with van der Waals surface area (Å²) in [6.07, 6.45) is 3.78. The van der Waals surface area contributed by atoms with Crippen molar-refractivity contribution < 1.29 is 18.9 Å². The molecule has 0 unspecified atom stereocenters. The zero-order valence-corrected chi connectivity index (χ0v) is 38.6. The van der Waals surface area contributed by atoms with Crippen molar-refractivity contribution in [3.8, 4) is 11.3 Å². The van der Waals surface area contributed by atoms with Gasteiger partial charge in [-0.3, -0.25) is 9.59 Å². The molecule has 0 atom stereocenters. The van der Waals surface area contributed by atoms with Crippen LogP contribution in [0.5, 0.6) is 0 Å². The largest absolute Gasteiger partial charge is 0.494 e. The first kappa shape index (κ1) is 47.2. The quantitative estimate of drug-likeness (QED) is 0.132. The van der Waals surface area contributed by atoms with Crippen molar-refractivity contribution in [3.63, 3.8) is 0 Å². The molecule has 3 aliphatic heterocycles. The highest BCUT2D eigenvalue weighted by Crippen LogP contribution is 2.40. The summed E-state index contributed by atoms with van der Waals surface area (Å²) in [6, 6.07) is 35.3. The van der Waals surface area contributed by atoms with Crippen molar-refractivity contribution in [2.75, 3.05) is 23.9 Å². The minimum atomic E-state index is -0.520. The van der Waals surface area contributed by atoms with Crippen molar-refractivity contribution in [2.45, 2.75) is 72.0 Å². The lowest BCUT2D eigenvalue weighted by Crippen LogP contribution is -2.41. The Labute approximate surface area is 389 Å². The fourth-order valence-corrected chi connectivity index (χ4v) is 8.50. The highest BCUT2D eigenvalue weighted by atomic mass is 79.9. The minimum Gasteiger partial charge on any atom is -0.399 e. The molecule has 0 radical (unpaired) electrons. The first-order valence-electron chi connectivity index (χ1n) is 20.3. The zero-order chi connectivity index (χ0) is 44.5. The summed E-state index contributed by atoms with van der Waals surface area (Å²) in [5.41, 5.74) is 22.9. The molecule has 326 valence electrons. The number of pyridine rings is 2. The molecule has 1 fully saturated rings. The van der Waals surface area contributed by atoms with Crippen LogP contribution in [-0.2, 0) is 35.0 Å². The summed E-state index contributed by atoms with van der Waals surface area (Å²) in [7, 11) is 3.86. The Morgan fingerprint density at radius 2 is 1.05 bits per heavy atom. The van der Waals surface area contributed by atoms with Crippen LogP contribution in [0, 0.1) is 0 Å². The maximum atomic E-state index is 11.4. The molecule has 1 saturated heterocycles. The number of carbonyl (C=O) groups excluding carboxylic acids is 2. The van der Waals surface area contributed by atoms with Gasteiger partial charge in [0.2, 0.25) is 0 Å². The molecular formula is C49H52BBrCl2N6O4. The lowest BCUT2D eigenvalue weighted by molar-refractivity contribution is 0.00578. The molecule has 0 saturated carbocycles. The van der Waals surface area contributed by atoms with Crippen LogP contribution >= 0.6 is 39.1 Å². The summed E-state index contributed by atoms with van der Waals surface area (Å²) in [4.78, 5) is 34.5. The first-order chi connectivity index (χ1) is 29.4. The van der Waals surface area contributed by atoms with E-state index in [1.807, 2.05) is 30.3 Å². The van der Waals surface area contributed by atoms with Crippen molar-refractivity contribution in [3.05, 3.63) is 157 Å². The number of hydrogen-bond acceptors (Lipinski definition) is 8. The van der Waals surface area contributed by atoms with Crippen molar-refractivity contribution in [1.82, 2.24) is 9.97 Å². The Balaban J connectivity index is 0.000000171. The van der Waals surface area contributed by atoms with E-state index < -0.39 is 11.8 Å². The molecule has 10 nitrogen and oxygen atoms in total. The molecule has 0 aliphatic carbocycles. The van der Waals surface area contributed by atoms with Gasteiger partial charge in [0.25, 0.3) is 11.8 Å². The Morgan fingerprint density at radius 3 is 1.52 bits per heavy atom. The normalized spacial score (nSPS) is 15.3. The number of primary amides is 2. The van der Waals surface area contributed by atoms with E-state index in [4.69, 9.17) is 44.0 Å². The van der Waals surface area contributed by atoms with Crippen LogP contribution < -0.4 is 26.7 Å². The third-order valence-corrected chi connectivity index (χ3v) is 12.7. The number of hydrogen-bond donors (Lipinski definition) is 2. The van der Waals surface area contributed by atoms with Gasteiger partial charge in [-0.05, 0) is 176 Å². The summed E-state index contributed by atoms with van der Waals surface area (Å²) in [5, 5.41) is 1.55. The van der Waals surface area contributed by atoms with E-state index in [1.54, 1.807) is 30.3 Å². The Morgan fingerprint density at radius 1 is 0.619 bits per heavy atom. The molecular weight excluding hydrogens is 898 g/mol. The Kier molecular flexibility index (Phi) is 14.4. The van der Waals surface area contributed by atoms with E-state index in [2.05, 4.69) is 126 Å². The molecule has 2 amide bonds. The van der Waals surface area contributed by atoms with Crippen LogP contribution in [0.15, 0.2) is 114 Å². The van der Waals surface area contributed by atoms with Gasteiger partial charge < -0.3 is 30.6 Å². The predicted molar refractivity (Wildman–Crippen MR) is 261 cm³/mol. The molecule has 4 N–H and O–H groups in total. The van der Waals surface area contributed by atoms with Gasteiger partial charge >= 0.3 is 7.12 Å². The van der Waals surface area contributed by atoms with Gasteiger partial charge in [-0.1, -0.05) is 61.0 Å². The second kappa shape index (κ2) is 19.2. The van der Waals surface area contributed by atoms with Gasteiger partial charge in [0.1, 0.15) is 16.0 Å². The molecule has 4 aromatic carbocycles. The number of benzene rings is 4. The van der Waals surface area contributed by atoms with Crippen LogP contribution in [0.2, 0.25) is 10.0 Å². The second-order valence-corrected chi connectivity index (χ2v) is 18.2. The summed E-state index contributed by atoms with van der Waals surface area (Å²) >= 11 is 15.5. The maximum Gasteiger partial charge on any atom is 0.494 e. The average molecular weight is 951 g/mol. The maximum absolute atomic E-state index is 11.4. The number of aryl methyl sites for hydroxylation is 4. The summed E-state index contributed by atoms with van der Waals surface area (Å²) in [5.74, 6) is -1.03. The monoisotopic (exact) mass is 948 g/mol. The van der Waals surface area contributed by atoms with Crippen molar-refractivity contribution >= 4 is 86.3 Å². The SMILES string of the molecule is C.CN1c2ccc(Cl)cc2CCc2cc(-c3cccc(C(N)=O)n3)ccc21.CN1c2ccc(Cl)cc2CCc2cc(B3OC(C)(C)C(C)(C)O3)ccc21.NC(=O)c1cccc(Br)n1. The van der Waals surface area contributed by atoms with E-state index >= 15 is 0 Å². The fourth-order valence-electron chi connectivity index (χ4n) is 7.77. The van der Waals surface area contributed by atoms with Crippen LogP contribution in [0.25, 0.3) is 11.3 Å². The van der Waals surface area contributed by atoms with Crippen molar-refractivity contribution in [2.24, 2.45) is 11.5 Å². The number of carbonyl (C=O) groups is 2. The number of rotatable bonds is 4. The van der Waals surface area contributed by atoms with Gasteiger partial charge in [-0.25, -0.2) is 9.97 Å². The predicted octanol–water partition coefficient (Wildman–Crippen LogP) is 10.5.